The van der Waals surface area contributed by atoms with Gasteiger partial charge in [0.2, 0.25) is 0 Å². The number of carbonyl (C=O) groups is 2. The fraction of sp³-hybridized carbons (Fsp3) is 0.304. The molecule has 0 bridgehead atoms. The van der Waals surface area contributed by atoms with Gasteiger partial charge in [0.25, 0.3) is 5.91 Å². The van der Waals surface area contributed by atoms with Gasteiger partial charge in [-0.1, -0.05) is 31.9 Å². The standard InChI is InChI=1S/C23H22ClF2NO4/c1-4-11(2)7-15(23(30)31)21-12(3)27(19-10-18(26)20(28)9-14(19)21)22(29)13-5-6-16(24)17(25)8-13/h5-6,8-11,15,28H,4,7H2,1-3H3,(H,30,31)/t11?,15-/m1/s1. The Balaban J connectivity index is 2.30. The molecule has 1 heterocycles. The molecule has 0 radical (unpaired) electrons. The van der Waals surface area contributed by atoms with E-state index < -0.39 is 35.2 Å². The lowest BCUT2D eigenvalue weighted by Gasteiger charge is -2.17. The Morgan fingerprint density at radius 3 is 2.42 bits per heavy atom. The number of phenols is 1. The van der Waals surface area contributed by atoms with Gasteiger partial charge in [-0.25, -0.2) is 8.78 Å². The van der Waals surface area contributed by atoms with Gasteiger partial charge in [-0.2, -0.15) is 0 Å². The topological polar surface area (TPSA) is 79.5 Å². The number of hydrogen-bond acceptors (Lipinski definition) is 3. The van der Waals surface area contributed by atoms with Crippen LogP contribution in [0, 0.1) is 24.5 Å². The van der Waals surface area contributed by atoms with E-state index in [2.05, 4.69) is 0 Å². The molecule has 2 N–H and O–H groups in total. The Morgan fingerprint density at radius 1 is 1.16 bits per heavy atom. The van der Waals surface area contributed by atoms with Crippen molar-refractivity contribution in [3.05, 3.63) is 63.8 Å². The van der Waals surface area contributed by atoms with Gasteiger partial charge in [0, 0.05) is 22.7 Å². The van der Waals surface area contributed by atoms with Gasteiger partial charge in [-0.3, -0.25) is 14.2 Å². The zero-order chi connectivity index (χ0) is 23.0. The lowest BCUT2D eigenvalue weighted by atomic mass is 9.87. The molecule has 8 heteroatoms. The third kappa shape index (κ3) is 4.14. The lowest BCUT2D eigenvalue weighted by molar-refractivity contribution is -0.139. The number of fused-ring (bicyclic) bond motifs is 1. The molecule has 2 aromatic carbocycles. The van der Waals surface area contributed by atoms with Crippen molar-refractivity contribution in [3.8, 4) is 5.75 Å². The van der Waals surface area contributed by atoms with E-state index in [-0.39, 0.29) is 33.1 Å². The Bertz CT molecular complexity index is 1190. The van der Waals surface area contributed by atoms with Crippen molar-refractivity contribution in [1.82, 2.24) is 4.57 Å². The molecular formula is C23H22ClF2NO4. The van der Waals surface area contributed by atoms with Gasteiger partial charge in [0.1, 0.15) is 5.82 Å². The van der Waals surface area contributed by atoms with Crippen molar-refractivity contribution in [3.63, 3.8) is 0 Å². The quantitative estimate of drug-likeness (QED) is 0.492. The number of carboxylic acid groups (broad SMARTS) is 1. The molecule has 164 valence electrons. The minimum absolute atomic E-state index is 0.0317. The van der Waals surface area contributed by atoms with Crippen molar-refractivity contribution < 1.29 is 28.6 Å². The summed E-state index contributed by atoms with van der Waals surface area (Å²) in [6.07, 6.45) is 1.05. The third-order valence-corrected chi connectivity index (χ3v) is 5.98. The fourth-order valence-corrected chi connectivity index (χ4v) is 3.94. The van der Waals surface area contributed by atoms with Crippen LogP contribution in [0.2, 0.25) is 5.02 Å². The highest BCUT2D eigenvalue weighted by atomic mass is 35.5. The van der Waals surface area contributed by atoms with Crippen molar-refractivity contribution in [2.45, 2.75) is 39.5 Å². The highest BCUT2D eigenvalue weighted by Crippen LogP contribution is 2.38. The molecule has 0 spiro atoms. The zero-order valence-electron chi connectivity index (χ0n) is 17.2. The number of aromatic hydroxyl groups is 1. The molecule has 1 aromatic heterocycles. The molecule has 3 rings (SSSR count). The molecule has 0 aliphatic rings. The number of hydrogen-bond donors (Lipinski definition) is 2. The van der Waals surface area contributed by atoms with Gasteiger partial charge < -0.3 is 10.2 Å². The highest BCUT2D eigenvalue weighted by molar-refractivity contribution is 6.30. The van der Waals surface area contributed by atoms with Crippen LogP contribution in [0.5, 0.6) is 5.75 Å². The number of phenolic OH excluding ortho intramolecular Hbond substituents is 1. The van der Waals surface area contributed by atoms with Gasteiger partial charge in [-0.05, 0) is 49.1 Å². The average Bonchev–Trinajstić information content (AvgIpc) is 2.98. The van der Waals surface area contributed by atoms with Gasteiger partial charge in [-0.15, -0.1) is 0 Å². The second kappa shape index (κ2) is 8.67. The molecule has 2 atom stereocenters. The number of nitrogens with zero attached hydrogens (tertiary/aromatic N) is 1. The molecule has 31 heavy (non-hydrogen) atoms. The minimum atomic E-state index is -1.09. The molecule has 0 aliphatic carbocycles. The first-order valence-corrected chi connectivity index (χ1v) is 10.2. The van der Waals surface area contributed by atoms with Crippen molar-refractivity contribution in [2.75, 3.05) is 0 Å². The normalized spacial score (nSPS) is 13.4. The monoisotopic (exact) mass is 449 g/mol. The molecule has 0 aliphatic heterocycles. The summed E-state index contributed by atoms with van der Waals surface area (Å²) >= 11 is 5.70. The van der Waals surface area contributed by atoms with Gasteiger partial charge in [0.05, 0.1) is 16.5 Å². The van der Waals surface area contributed by atoms with Crippen molar-refractivity contribution in [1.29, 1.82) is 0 Å². The van der Waals surface area contributed by atoms with E-state index in [1.807, 2.05) is 13.8 Å². The summed E-state index contributed by atoms with van der Waals surface area (Å²) in [5.41, 5.74) is 0.672. The van der Waals surface area contributed by atoms with Gasteiger partial charge >= 0.3 is 5.97 Å². The van der Waals surface area contributed by atoms with Crippen LogP contribution in [0.1, 0.15) is 54.2 Å². The number of carboxylic acids is 1. The summed E-state index contributed by atoms with van der Waals surface area (Å²) in [5.74, 6) is -5.04. The first-order valence-electron chi connectivity index (χ1n) is 9.82. The van der Waals surface area contributed by atoms with Crippen molar-refractivity contribution >= 4 is 34.4 Å². The summed E-state index contributed by atoms with van der Waals surface area (Å²) in [6.45, 7) is 5.42. The van der Waals surface area contributed by atoms with Crippen LogP contribution >= 0.6 is 11.6 Å². The van der Waals surface area contributed by atoms with E-state index in [0.29, 0.717) is 12.0 Å². The Kier molecular flexibility index (Phi) is 6.36. The average molecular weight is 450 g/mol. The van der Waals surface area contributed by atoms with Crippen LogP contribution in [-0.2, 0) is 4.79 Å². The number of benzene rings is 2. The first-order chi connectivity index (χ1) is 14.6. The largest absolute Gasteiger partial charge is 0.505 e. The van der Waals surface area contributed by atoms with E-state index in [4.69, 9.17) is 11.6 Å². The molecule has 0 saturated heterocycles. The van der Waals surface area contributed by atoms with Crippen LogP contribution in [0.25, 0.3) is 10.9 Å². The Labute approximate surface area is 182 Å². The zero-order valence-corrected chi connectivity index (χ0v) is 18.0. The van der Waals surface area contributed by atoms with Crippen LogP contribution in [-0.4, -0.2) is 26.7 Å². The van der Waals surface area contributed by atoms with E-state index >= 15 is 0 Å². The van der Waals surface area contributed by atoms with Crippen molar-refractivity contribution in [2.24, 2.45) is 5.92 Å². The molecule has 0 saturated carbocycles. The summed E-state index contributed by atoms with van der Waals surface area (Å²) in [5, 5.41) is 20.0. The maximum absolute atomic E-state index is 14.2. The van der Waals surface area contributed by atoms with E-state index in [0.717, 1.165) is 29.2 Å². The summed E-state index contributed by atoms with van der Waals surface area (Å²) < 4.78 is 29.3. The smallest absolute Gasteiger partial charge is 0.311 e. The van der Waals surface area contributed by atoms with Crippen LogP contribution < -0.4 is 0 Å². The number of carbonyl (C=O) groups excluding carboxylic acids is 1. The predicted octanol–water partition coefficient (Wildman–Crippen LogP) is 5.88. The molecule has 5 nitrogen and oxygen atoms in total. The maximum atomic E-state index is 14.2. The Hall–Kier alpha value is -2.93. The van der Waals surface area contributed by atoms with E-state index in [1.54, 1.807) is 6.92 Å². The lowest BCUT2D eigenvalue weighted by Crippen LogP contribution is -2.18. The van der Waals surface area contributed by atoms with E-state index in [9.17, 15) is 28.6 Å². The van der Waals surface area contributed by atoms with E-state index in [1.165, 1.54) is 12.1 Å². The number of aromatic nitrogens is 1. The number of halogens is 3. The molecule has 1 unspecified atom stereocenters. The molecule has 0 amide bonds. The van der Waals surface area contributed by atoms with Gasteiger partial charge in [0.15, 0.2) is 11.6 Å². The molecule has 0 fully saturated rings. The minimum Gasteiger partial charge on any atom is -0.505 e. The summed E-state index contributed by atoms with van der Waals surface area (Å²) in [7, 11) is 0. The summed E-state index contributed by atoms with van der Waals surface area (Å²) in [6, 6.07) is 5.66. The second-order valence-corrected chi connectivity index (χ2v) is 8.14. The second-order valence-electron chi connectivity index (χ2n) is 7.73. The summed E-state index contributed by atoms with van der Waals surface area (Å²) in [4.78, 5) is 25.4. The first kappa shape index (κ1) is 22.7. The van der Waals surface area contributed by atoms with Crippen LogP contribution in [0.3, 0.4) is 0 Å². The predicted molar refractivity (Wildman–Crippen MR) is 114 cm³/mol. The van der Waals surface area contributed by atoms with Crippen LogP contribution in [0.4, 0.5) is 8.78 Å². The third-order valence-electron chi connectivity index (χ3n) is 5.67. The number of aliphatic carboxylic acids is 1. The number of rotatable bonds is 6. The fourth-order valence-electron chi connectivity index (χ4n) is 3.82. The van der Waals surface area contributed by atoms with Crippen LogP contribution in [0.15, 0.2) is 30.3 Å². The molecular weight excluding hydrogens is 428 g/mol. The SMILES string of the molecule is CCC(C)C[C@@H](C(=O)O)c1c(C)n(C(=O)c2ccc(Cl)c(F)c2)c2cc(F)c(O)cc12. The maximum Gasteiger partial charge on any atom is 0.311 e. The highest BCUT2D eigenvalue weighted by Gasteiger charge is 2.31. The Morgan fingerprint density at radius 2 is 1.84 bits per heavy atom. The molecule has 3 aromatic rings.